The first-order chi connectivity index (χ1) is 16.6. The SMILES string of the molecule is CCOC(=O)/C(C#N)=C1/Sc2c(ncn(/N=C/c3ccc(OC)cc3)c2=O)N1c1ccccc1. The first-order valence-electron chi connectivity index (χ1n) is 10.2. The molecule has 0 aliphatic carbocycles. The summed E-state index contributed by atoms with van der Waals surface area (Å²) in [6.07, 6.45) is 2.83. The van der Waals surface area contributed by atoms with E-state index in [-0.39, 0.29) is 22.1 Å². The molecular formula is C24H19N5O4S. The fourth-order valence-corrected chi connectivity index (χ4v) is 4.30. The third-order valence-electron chi connectivity index (χ3n) is 4.78. The van der Waals surface area contributed by atoms with Gasteiger partial charge in [0.25, 0.3) is 5.56 Å². The molecule has 3 aromatic rings. The minimum absolute atomic E-state index is 0.116. The standard InChI is InChI=1S/C24H19N5O4S/c1-3-33-24(31)19(13-25)23-29(17-7-5-4-6-8-17)21-20(34-23)22(30)28(15-26-21)27-14-16-9-11-18(32-2)12-10-16/h4-12,14-15H,3H2,1-2H3/b23-19+,27-14+. The topological polar surface area (TPSA) is 110 Å². The van der Waals surface area contributed by atoms with Gasteiger partial charge in [-0.25, -0.2) is 9.78 Å². The Labute approximate surface area is 199 Å². The highest BCUT2D eigenvalue weighted by atomic mass is 32.2. The van der Waals surface area contributed by atoms with Crippen molar-refractivity contribution in [3.8, 4) is 11.8 Å². The molecule has 1 aromatic heterocycles. The minimum Gasteiger partial charge on any atom is -0.497 e. The molecule has 0 atom stereocenters. The first kappa shape index (κ1) is 22.8. The van der Waals surface area contributed by atoms with Crippen molar-refractivity contribution < 1.29 is 14.3 Å². The van der Waals surface area contributed by atoms with Crippen LogP contribution in [0.2, 0.25) is 0 Å². The number of hydrogen-bond donors (Lipinski definition) is 0. The molecule has 0 bridgehead atoms. The summed E-state index contributed by atoms with van der Waals surface area (Å²) in [6, 6.07) is 18.2. The lowest BCUT2D eigenvalue weighted by molar-refractivity contribution is -0.138. The summed E-state index contributed by atoms with van der Waals surface area (Å²) in [5.41, 5.74) is 0.770. The van der Waals surface area contributed by atoms with Gasteiger partial charge in [0.05, 0.1) is 19.9 Å². The maximum atomic E-state index is 13.2. The fourth-order valence-electron chi connectivity index (χ4n) is 3.17. The second kappa shape index (κ2) is 10.1. The van der Waals surface area contributed by atoms with Crippen molar-refractivity contribution in [2.75, 3.05) is 18.6 Å². The second-order valence-corrected chi connectivity index (χ2v) is 7.85. The lowest BCUT2D eigenvalue weighted by Crippen LogP contribution is -2.21. The molecule has 2 aromatic carbocycles. The molecule has 10 heteroatoms. The number of rotatable bonds is 6. The monoisotopic (exact) mass is 473 g/mol. The van der Waals surface area contributed by atoms with Gasteiger partial charge in [-0.15, -0.1) is 0 Å². The molecule has 1 aliphatic heterocycles. The Morgan fingerprint density at radius 3 is 2.59 bits per heavy atom. The molecule has 2 heterocycles. The van der Waals surface area contributed by atoms with Crippen molar-refractivity contribution in [3.05, 3.63) is 87.4 Å². The average molecular weight is 474 g/mol. The largest absolute Gasteiger partial charge is 0.497 e. The van der Waals surface area contributed by atoms with Crippen LogP contribution in [0.1, 0.15) is 12.5 Å². The predicted molar refractivity (Wildman–Crippen MR) is 128 cm³/mol. The quantitative estimate of drug-likeness (QED) is 0.231. The van der Waals surface area contributed by atoms with Crippen LogP contribution in [-0.2, 0) is 9.53 Å². The molecule has 0 spiro atoms. The fraction of sp³-hybridized carbons (Fsp3) is 0.125. The number of thioether (sulfide) groups is 1. The third kappa shape index (κ3) is 4.42. The molecule has 0 saturated carbocycles. The summed E-state index contributed by atoms with van der Waals surface area (Å²) in [7, 11) is 1.58. The van der Waals surface area contributed by atoms with E-state index in [1.165, 1.54) is 12.5 Å². The highest BCUT2D eigenvalue weighted by molar-refractivity contribution is 8.03. The summed E-state index contributed by atoms with van der Waals surface area (Å²) in [6.45, 7) is 1.77. The number of anilines is 2. The van der Waals surface area contributed by atoms with E-state index in [0.29, 0.717) is 17.3 Å². The average Bonchev–Trinajstić information content (AvgIpc) is 3.25. The van der Waals surface area contributed by atoms with Gasteiger partial charge in [-0.2, -0.15) is 15.0 Å². The van der Waals surface area contributed by atoms with E-state index >= 15 is 0 Å². The number of aromatic nitrogens is 2. The van der Waals surface area contributed by atoms with Crippen molar-refractivity contribution in [2.45, 2.75) is 11.8 Å². The summed E-state index contributed by atoms with van der Waals surface area (Å²) < 4.78 is 11.3. The Morgan fingerprint density at radius 2 is 1.94 bits per heavy atom. The zero-order valence-corrected chi connectivity index (χ0v) is 19.2. The molecule has 0 saturated heterocycles. The second-order valence-electron chi connectivity index (χ2n) is 6.85. The molecule has 0 N–H and O–H groups in total. The summed E-state index contributed by atoms with van der Waals surface area (Å²) in [5, 5.41) is 14.2. The van der Waals surface area contributed by atoms with E-state index in [4.69, 9.17) is 9.47 Å². The van der Waals surface area contributed by atoms with Gasteiger partial charge in [0.1, 0.15) is 28.1 Å². The number of esters is 1. The number of ether oxygens (including phenoxy) is 2. The molecule has 0 amide bonds. The van der Waals surface area contributed by atoms with Crippen LogP contribution < -0.4 is 15.2 Å². The molecule has 0 fully saturated rings. The molecule has 4 rings (SSSR count). The van der Waals surface area contributed by atoms with E-state index in [1.54, 1.807) is 55.3 Å². The number of nitrogens with zero attached hydrogens (tertiary/aromatic N) is 5. The Kier molecular flexibility index (Phi) is 6.75. The van der Waals surface area contributed by atoms with Crippen LogP contribution in [0.5, 0.6) is 5.75 Å². The highest BCUT2D eigenvalue weighted by Gasteiger charge is 2.36. The van der Waals surface area contributed by atoms with E-state index in [0.717, 1.165) is 22.0 Å². The number of carbonyl (C=O) groups is 1. The Balaban J connectivity index is 1.79. The smallest absolute Gasteiger partial charge is 0.351 e. The van der Waals surface area contributed by atoms with Crippen molar-refractivity contribution in [2.24, 2.45) is 5.10 Å². The number of hydrogen-bond acceptors (Lipinski definition) is 9. The number of para-hydroxylation sites is 1. The van der Waals surface area contributed by atoms with Crippen LogP contribution in [-0.4, -0.2) is 35.6 Å². The van der Waals surface area contributed by atoms with Crippen LogP contribution in [0.25, 0.3) is 0 Å². The van der Waals surface area contributed by atoms with E-state index in [2.05, 4.69) is 10.1 Å². The van der Waals surface area contributed by atoms with Crippen molar-refractivity contribution in [1.29, 1.82) is 5.26 Å². The maximum Gasteiger partial charge on any atom is 0.351 e. The van der Waals surface area contributed by atoms with Crippen molar-refractivity contribution in [3.63, 3.8) is 0 Å². The first-order valence-corrected chi connectivity index (χ1v) is 11.0. The molecular weight excluding hydrogens is 454 g/mol. The van der Waals surface area contributed by atoms with Crippen molar-refractivity contribution >= 4 is 35.5 Å². The molecule has 0 radical (unpaired) electrons. The Hall–Kier alpha value is -4.36. The van der Waals surface area contributed by atoms with Gasteiger partial charge in [0.15, 0.2) is 11.4 Å². The van der Waals surface area contributed by atoms with Gasteiger partial charge in [-0.05, 0) is 48.9 Å². The summed E-state index contributed by atoms with van der Waals surface area (Å²) >= 11 is 0.989. The van der Waals surface area contributed by atoms with Gasteiger partial charge < -0.3 is 9.47 Å². The predicted octanol–water partition coefficient (Wildman–Crippen LogP) is 3.68. The summed E-state index contributed by atoms with van der Waals surface area (Å²) in [4.78, 5) is 32.0. The van der Waals surface area contributed by atoms with E-state index in [9.17, 15) is 14.9 Å². The number of benzene rings is 2. The van der Waals surface area contributed by atoms with Crippen LogP contribution in [0.15, 0.2) is 86.3 Å². The number of nitriles is 1. The molecule has 0 unspecified atom stereocenters. The lowest BCUT2D eigenvalue weighted by atomic mass is 10.2. The van der Waals surface area contributed by atoms with Crippen molar-refractivity contribution in [1.82, 2.24) is 9.66 Å². The van der Waals surface area contributed by atoms with E-state index in [1.807, 2.05) is 24.3 Å². The maximum absolute atomic E-state index is 13.2. The van der Waals surface area contributed by atoms with Crippen LogP contribution >= 0.6 is 11.8 Å². The highest BCUT2D eigenvalue weighted by Crippen LogP contribution is 2.48. The lowest BCUT2D eigenvalue weighted by Gasteiger charge is -2.20. The van der Waals surface area contributed by atoms with Crippen LogP contribution in [0.4, 0.5) is 11.5 Å². The normalized spacial score (nSPS) is 14.0. The molecule has 1 aliphatic rings. The number of methoxy groups -OCH3 is 1. The Bertz CT molecular complexity index is 1380. The van der Waals surface area contributed by atoms with Crippen LogP contribution in [0, 0.1) is 11.3 Å². The third-order valence-corrected chi connectivity index (χ3v) is 5.92. The number of fused-ring (bicyclic) bond motifs is 1. The van der Waals surface area contributed by atoms with Gasteiger partial charge >= 0.3 is 5.97 Å². The van der Waals surface area contributed by atoms with Crippen LogP contribution in [0.3, 0.4) is 0 Å². The zero-order valence-electron chi connectivity index (χ0n) is 18.3. The molecule has 170 valence electrons. The van der Waals surface area contributed by atoms with Gasteiger partial charge in [0, 0.05) is 5.69 Å². The van der Waals surface area contributed by atoms with Gasteiger partial charge in [0.2, 0.25) is 0 Å². The molecule has 34 heavy (non-hydrogen) atoms. The van der Waals surface area contributed by atoms with Gasteiger partial charge in [-0.1, -0.05) is 30.0 Å². The van der Waals surface area contributed by atoms with Gasteiger partial charge in [-0.3, -0.25) is 9.69 Å². The minimum atomic E-state index is -0.765. The van der Waals surface area contributed by atoms with E-state index < -0.39 is 11.5 Å². The number of carbonyl (C=O) groups excluding carboxylic acids is 1. The molecule has 9 nitrogen and oxygen atoms in total. The summed E-state index contributed by atoms with van der Waals surface area (Å²) in [5.74, 6) is 0.253. The Morgan fingerprint density at radius 1 is 1.21 bits per heavy atom. The zero-order chi connectivity index (χ0) is 24.1.